The minimum Gasteiger partial charge on any atom is -0.395 e. The normalized spacial score (nSPS) is 46.4. The van der Waals surface area contributed by atoms with E-state index in [1.807, 2.05) is 0 Å². The number of hydrogen-bond donors (Lipinski definition) is 3. The molecule has 3 N–H and O–H groups in total. The summed E-state index contributed by atoms with van der Waals surface area (Å²) in [4.78, 5) is 12.0. The number of amides is 1. The number of rotatable bonds is 6. The number of carbonyl (C=O) groups is 1. The average Bonchev–Trinajstić information content (AvgIpc) is 3.08. The Balaban J connectivity index is 1.42. The van der Waals surface area contributed by atoms with Crippen LogP contribution in [0.25, 0.3) is 0 Å². The van der Waals surface area contributed by atoms with E-state index in [1.165, 1.54) is 44.9 Å². The molecule has 0 saturated heterocycles. The Morgan fingerprint density at radius 3 is 2.53 bits per heavy atom. The molecule has 0 aromatic rings. The van der Waals surface area contributed by atoms with Gasteiger partial charge in [-0.25, -0.2) is 0 Å². The van der Waals surface area contributed by atoms with Crippen molar-refractivity contribution in [2.75, 3.05) is 13.2 Å². The molecule has 9 atom stereocenters. The van der Waals surface area contributed by atoms with E-state index in [0.29, 0.717) is 29.7 Å². The van der Waals surface area contributed by atoms with Gasteiger partial charge in [0.25, 0.3) is 0 Å². The van der Waals surface area contributed by atoms with Gasteiger partial charge in [-0.05, 0) is 111 Å². The molecular formula is C26H45NO3. The number of nitrogens with one attached hydrogen (secondary N) is 1. The molecule has 4 fully saturated rings. The van der Waals surface area contributed by atoms with Crippen LogP contribution in [0.15, 0.2) is 0 Å². The Morgan fingerprint density at radius 1 is 1.03 bits per heavy atom. The highest BCUT2D eigenvalue weighted by molar-refractivity contribution is 5.75. The van der Waals surface area contributed by atoms with Crippen molar-refractivity contribution in [2.45, 2.75) is 97.5 Å². The standard InChI is InChI=1S/C26H45NO3/c1-17(4-9-24(30)27-14-15-28)21-7-8-22-20-6-5-18-16-19(29)10-12-25(18,2)23(20)11-13-26(21,22)3/h17-23,28-29H,4-16H2,1-3H3,(H,27,30)/t17-,18-,19-,20+,21-,22+,23+,25-,26+/m0/s1. The van der Waals surface area contributed by atoms with Gasteiger partial charge in [-0.2, -0.15) is 0 Å². The minimum absolute atomic E-state index is 0.0188. The molecule has 0 spiro atoms. The van der Waals surface area contributed by atoms with Gasteiger partial charge in [-0.15, -0.1) is 0 Å². The van der Waals surface area contributed by atoms with Crippen LogP contribution in [0.1, 0.15) is 91.4 Å². The lowest BCUT2D eigenvalue weighted by atomic mass is 9.44. The Morgan fingerprint density at radius 2 is 1.77 bits per heavy atom. The van der Waals surface area contributed by atoms with E-state index in [-0.39, 0.29) is 18.6 Å². The lowest BCUT2D eigenvalue weighted by Crippen LogP contribution is -2.54. The van der Waals surface area contributed by atoms with E-state index < -0.39 is 0 Å². The summed E-state index contributed by atoms with van der Waals surface area (Å²) in [6.07, 6.45) is 12.9. The molecule has 4 nitrogen and oxygen atoms in total. The maximum Gasteiger partial charge on any atom is 0.220 e. The van der Waals surface area contributed by atoms with E-state index in [1.54, 1.807) is 0 Å². The molecule has 1 amide bonds. The lowest BCUT2D eigenvalue weighted by molar-refractivity contribution is -0.129. The van der Waals surface area contributed by atoms with Gasteiger partial charge < -0.3 is 15.5 Å². The van der Waals surface area contributed by atoms with Gasteiger partial charge in [-0.3, -0.25) is 4.79 Å². The van der Waals surface area contributed by atoms with Gasteiger partial charge >= 0.3 is 0 Å². The molecule has 4 aliphatic rings. The second-order valence-corrected chi connectivity index (χ2v) is 11.9. The van der Waals surface area contributed by atoms with Crippen molar-refractivity contribution in [3.8, 4) is 0 Å². The zero-order valence-electron chi connectivity index (χ0n) is 19.5. The molecule has 0 bridgehead atoms. The molecule has 0 radical (unpaired) electrons. The Bertz CT molecular complexity index is 623. The number of fused-ring (bicyclic) bond motifs is 5. The van der Waals surface area contributed by atoms with E-state index >= 15 is 0 Å². The first-order valence-electron chi connectivity index (χ1n) is 12.8. The molecule has 30 heavy (non-hydrogen) atoms. The predicted octanol–water partition coefficient (Wildman–Crippen LogP) is 4.53. The molecule has 4 saturated carbocycles. The maximum atomic E-state index is 12.0. The topological polar surface area (TPSA) is 69.6 Å². The molecule has 0 heterocycles. The van der Waals surface area contributed by atoms with Crippen molar-refractivity contribution in [3.05, 3.63) is 0 Å². The minimum atomic E-state index is -0.0558. The number of aliphatic hydroxyl groups is 2. The van der Waals surface area contributed by atoms with Crippen LogP contribution in [0.3, 0.4) is 0 Å². The maximum absolute atomic E-state index is 12.0. The fourth-order valence-electron chi connectivity index (χ4n) is 9.05. The van der Waals surface area contributed by atoms with Crippen LogP contribution in [0.4, 0.5) is 0 Å². The van der Waals surface area contributed by atoms with E-state index in [0.717, 1.165) is 48.9 Å². The number of carbonyl (C=O) groups excluding carboxylic acids is 1. The lowest BCUT2D eigenvalue weighted by Gasteiger charge is -2.61. The second kappa shape index (κ2) is 8.73. The molecule has 0 aliphatic heterocycles. The second-order valence-electron chi connectivity index (χ2n) is 11.9. The molecular weight excluding hydrogens is 374 g/mol. The third-order valence-corrected chi connectivity index (χ3v) is 10.7. The summed E-state index contributed by atoms with van der Waals surface area (Å²) in [6.45, 7) is 7.93. The van der Waals surface area contributed by atoms with Crippen molar-refractivity contribution in [3.63, 3.8) is 0 Å². The van der Waals surface area contributed by atoms with Crippen LogP contribution in [-0.4, -0.2) is 35.4 Å². The van der Waals surface area contributed by atoms with Crippen LogP contribution in [-0.2, 0) is 4.79 Å². The van der Waals surface area contributed by atoms with Crippen LogP contribution >= 0.6 is 0 Å². The highest BCUT2D eigenvalue weighted by atomic mass is 16.3. The average molecular weight is 420 g/mol. The summed E-state index contributed by atoms with van der Waals surface area (Å²) >= 11 is 0. The van der Waals surface area contributed by atoms with Crippen LogP contribution < -0.4 is 5.32 Å². The molecule has 4 rings (SSSR count). The summed E-state index contributed by atoms with van der Waals surface area (Å²) in [6, 6.07) is 0. The van der Waals surface area contributed by atoms with Gasteiger partial charge in [0.05, 0.1) is 12.7 Å². The van der Waals surface area contributed by atoms with Crippen LogP contribution in [0, 0.1) is 46.3 Å². The third-order valence-electron chi connectivity index (χ3n) is 10.7. The van der Waals surface area contributed by atoms with Gasteiger partial charge in [0, 0.05) is 13.0 Å². The van der Waals surface area contributed by atoms with Crippen molar-refractivity contribution < 1.29 is 15.0 Å². The molecule has 0 aromatic heterocycles. The fraction of sp³-hybridized carbons (Fsp3) is 0.962. The number of hydrogen-bond acceptors (Lipinski definition) is 3. The zero-order chi connectivity index (χ0) is 21.5. The first-order valence-corrected chi connectivity index (χ1v) is 12.8. The van der Waals surface area contributed by atoms with E-state index in [4.69, 9.17) is 5.11 Å². The van der Waals surface area contributed by atoms with Crippen molar-refractivity contribution >= 4 is 5.91 Å². The quantitative estimate of drug-likeness (QED) is 0.592. The van der Waals surface area contributed by atoms with Gasteiger partial charge in [0.15, 0.2) is 0 Å². The predicted molar refractivity (Wildman–Crippen MR) is 120 cm³/mol. The SMILES string of the molecule is C[C@@H](CCC(=O)NCCO)[C@@H]1CC[C@@H]2[C@H]3CC[C@H]4C[C@@H](O)CC[C@]4(C)[C@@H]3CC[C@@]21C. The Hall–Kier alpha value is -0.610. The highest BCUT2D eigenvalue weighted by Gasteiger charge is 2.60. The summed E-state index contributed by atoms with van der Waals surface area (Å²) in [5.74, 6) is 4.76. The van der Waals surface area contributed by atoms with Gasteiger partial charge in [0.1, 0.15) is 0 Å². The van der Waals surface area contributed by atoms with E-state index in [2.05, 4.69) is 26.1 Å². The van der Waals surface area contributed by atoms with Crippen molar-refractivity contribution in [1.82, 2.24) is 5.32 Å². The summed E-state index contributed by atoms with van der Waals surface area (Å²) < 4.78 is 0. The molecule has 0 unspecified atom stereocenters. The largest absolute Gasteiger partial charge is 0.395 e. The molecule has 172 valence electrons. The van der Waals surface area contributed by atoms with Gasteiger partial charge in [0.2, 0.25) is 5.91 Å². The number of aliphatic hydroxyl groups excluding tert-OH is 2. The monoisotopic (exact) mass is 419 g/mol. The fourth-order valence-corrected chi connectivity index (χ4v) is 9.05. The summed E-state index contributed by atoms with van der Waals surface area (Å²) in [7, 11) is 0. The highest BCUT2D eigenvalue weighted by Crippen LogP contribution is 2.68. The van der Waals surface area contributed by atoms with Crippen molar-refractivity contribution in [2.24, 2.45) is 46.3 Å². The molecule has 0 aromatic carbocycles. The third kappa shape index (κ3) is 3.85. The summed E-state index contributed by atoms with van der Waals surface area (Å²) in [5.41, 5.74) is 0.900. The molecule has 4 aliphatic carbocycles. The first-order chi connectivity index (χ1) is 14.3. The molecule has 4 heteroatoms. The van der Waals surface area contributed by atoms with Crippen molar-refractivity contribution in [1.29, 1.82) is 0 Å². The Labute approximate surface area is 183 Å². The summed E-state index contributed by atoms with van der Waals surface area (Å²) in [5, 5.41) is 21.9. The van der Waals surface area contributed by atoms with E-state index in [9.17, 15) is 9.90 Å². The Kier molecular flexibility index (Phi) is 6.57. The van der Waals surface area contributed by atoms with Crippen LogP contribution in [0.2, 0.25) is 0 Å². The van der Waals surface area contributed by atoms with Gasteiger partial charge in [-0.1, -0.05) is 20.8 Å². The first kappa shape index (κ1) is 22.6. The van der Waals surface area contributed by atoms with Crippen LogP contribution in [0.5, 0.6) is 0 Å². The zero-order valence-corrected chi connectivity index (χ0v) is 19.5. The smallest absolute Gasteiger partial charge is 0.220 e.